The van der Waals surface area contributed by atoms with Crippen molar-refractivity contribution in [2.45, 2.75) is 69.1 Å². The number of aliphatic hydroxyl groups excluding tert-OH is 1. The third-order valence-electron chi connectivity index (χ3n) is 7.59. The highest BCUT2D eigenvalue weighted by Crippen LogP contribution is 2.47. The molecule has 1 aromatic carbocycles. The van der Waals surface area contributed by atoms with Gasteiger partial charge in [-0.05, 0) is 49.8 Å². The highest BCUT2D eigenvalue weighted by Gasteiger charge is 2.46. The Morgan fingerprint density at radius 3 is 2.68 bits per heavy atom. The third-order valence-corrected chi connectivity index (χ3v) is 7.59. The third kappa shape index (κ3) is 2.67. The van der Waals surface area contributed by atoms with E-state index in [-0.39, 0.29) is 42.0 Å². The number of β-amino-alcohol motifs (C(OH)–C–C–N with tert-alkyl or cyclic N) is 1. The summed E-state index contributed by atoms with van der Waals surface area (Å²) in [5, 5.41) is 13.0. The summed E-state index contributed by atoms with van der Waals surface area (Å²) in [5.74, 6) is -2.62. The zero-order valence-corrected chi connectivity index (χ0v) is 17.3. The Bertz CT molecular complexity index is 1120. The first-order valence-corrected chi connectivity index (χ1v) is 11.0. The first-order valence-electron chi connectivity index (χ1n) is 11.0. The Kier molecular flexibility index (Phi) is 3.83. The van der Waals surface area contributed by atoms with E-state index in [1.807, 2.05) is 25.1 Å². The van der Waals surface area contributed by atoms with Crippen LogP contribution in [0.4, 0.5) is 14.7 Å². The Labute approximate surface area is 178 Å². The molecule has 8 heteroatoms. The van der Waals surface area contributed by atoms with Crippen molar-refractivity contribution in [3.8, 4) is 11.3 Å². The van der Waals surface area contributed by atoms with Gasteiger partial charge in [-0.3, -0.25) is 4.79 Å². The molecule has 1 spiro atoms. The SMILES string of the molecule is C[C@H]1[C@H](O)CN1c1nc(-c2ccc3c(c2)CCC32CCC(=O)N2)c2c(n1)C(F)(F)CC2. The van der Waals surface area contributed by atoms with Crippen LogP contribution in [0.1, 0.15) is 55.0 Å². The van der Waals surface area contributed by atoms with Crippen molar-refractivity contribution in [1.82, 2.24) is 15.3 Å². The van der Waals surface area contributed by atoms with Crippen molar-refractivity contribution in [2.75, 3.05) is 11.4 Å². The number of hydrogen-bond donors (Lipinski definition) is 2. The van der Waals surface area contributed by atoms with Gasteiger partial charge < -0.3 is 15.3 Å². The van der Waals surface area contributed by atoms with Gasteiger partial charge in [-0.15, -0.1) is 0 Å². The number of nitrogens with zero attached hydrogens (tertiary/aromatic N) is 3. The summed E-state index contributed by atoms with van der Waals surface area (Å²) in [4.78, 5) is 22.6. The molecule has 0 saturated carbocycles. The number of aryl methyl sites for hydroxylation is 1. The van der Waals surface area contributed by atoms with E-state index in [9.17, 15) is 18.7 Å². The number of carbonyl (C=O) groups excluding carboxylic acids is 1. The fourth-order valence-electron chi connectivity index (χ4n) is 5.64. The summed E-state index contributed by atoms with van der Waals surface area (Å²) in [7, 11) is 0. The van der Waals surface area contributed by atoms with Crippen molar-refractivity contribution in [1.29, 1.82) is 0 Å². The molecule has 1 amide bonds. The van der Waals surface area contributed by atoms with Gasteiger partial charge in [0.2, 0.25) is 11.9 Å². The van der Waals surface area contributed by atoms with E-state index in [2.05, 4.69) is 10.3 Å². The molecule has 2 N–H and O–H groups in total. The van der Waals surface area contributed by atoms with Crippen molar-refractivity contribution >= 4 is 11.9 Å². The number of nitrogens with one attached hydrogen (secondary N) is 1. The van der Waals surface area contributed by atoms with Gasteiger partial charge in [0, 0.05) is 30.5 Å². The normalized spacial score (nSPS) is 30.3. The molecule has 3 heterocycles. The number of fused-ring (bicyclic) bond motifs is 3. The van der Waals surface area contributed by atoms with Crippen LogP contribution in [-0.2, 0) is 29.1 Å². The van der Waals surface area contributed by atoms with Crippen LogP contribution in [0.2, 0.25) is 0 Å². The monoisotopic (exact) mass is 426 g/mol. The summed E-state index contributed by atoms with van der Waals surface area (Å²) in [5.41, 5.74) is 3.71. The summed E-state index contributed by atoms with van der Waals surface area (Å²) in [6.45, 7) is 2.19. The quantitative estimate of drug-likeness (QED) is 0.772. The van der Waals surface area contributed by atoms with E-state index in [1.165, 1.54) is 0 Å². The van der Waals surface area contributed by atoms with E-state index in [0.29, 0.717) is 24.2 Å². The second kappa shape index (κ2) is 6.22. The number of rotatable bonds is 2. The molecule has 1 aromatic heterocycles. The highest BCUT2D eigenvalue weighted by molar-refractivity contribution is 5.80. The number of anilines is 1. The van der Waals surface area contributed by atoms with Gasteiger partial charge in [-0.2, -0.15) is 8.78 Å². The molecule has 1 unspecified atom stereocenters. The molecule has 2 aliphatic carbocycles. The topological polar surface area (TPSA) is 78.3 Å². The molecular formula is C23H24F2N4O2. The van der Waals surface area contributed by atoms with Crippen LogP contribution in [0.5, 0.6) is 0 Å². The second-order valence-electron chi connectivity index (χ2n) is 9.37. The van der Waals surface area contributed by atoms with Crippen molar-refractivity contribution < 1.29 is 18.7 Å². The summed E-state index contributed by atoms with van der Waals surface area (Å²) in [6.07, 6.45) is 2.53. The Morgan fingerprint density at radius 1 is 1.16 bits per heavy atom. The van der Waals surface area contributed by atoms with E-state index in [4.69, 9.17) is 4.98 Å². The molecule has 2 fully saturated rings. The highest BCUT2D eigenvalue weighted by atomic mass is 19.3. The predicted octanol–water partition coefficient (Wildman–Crippen LogP) is 2.80. The zero-order chi connectivity index (χ0) is 21.5. The van der Waals surface area contributed by atoms with Gasteiger partial charge in [0.1, 0.15) is 5.69 Å². The lowest BCUT2D eigenvalue weighted by Crippen LogP contribution is -2.59. The van der Waals surface area contributed by atoms with Crippen LogP contribution in [0, 0.1) is 0 Å². The first kappa shape index (κ1) is 19.1. The fourth-order valence-corrected chi connectivity index (χ4v) is 5.64. The number of aliphatic hydroxyl groups is 1. The number of benzene rings is 1. The van der Waals surface area contributed by atoms with Crippen molar-refractivity contribution in [3.63, 3.8) is 0 Å². The maximum Gasteiger partial charge on any atom is 0.290 e. The number of hydrogen-bond acceptors (Lipinski definition) is 5. The number of halogens is 2. The molecule has 2 aromatic rings. The molecule has 2 aliphatic heterocycles. The largest absolute Gasteiger partial charge is 0.389 e. The minimum absolute atomic E-state index is 0.0864. The van der Waals surface area contributed by atoms with Gasteiger partial charge in [-0.25, -0.2) is 9.97 Å². The van der Waals surface area contributed by atoms with Gasteiger partial charge >= 0.3 is 0 Å². The summed E-state index contributed by atoms with van der Waals surface area (Å²) in [6, 6.07) is 5.81. The van der Waals surface area contributed by atoms with Gasteiger partial charge in [-0.1, -0.05) is 12.1 Å². The summed E-state index contributed by atoms with van der Waals surface area (Å²) >= 11 is 0. The average molecular weight is 426 g/mol. The van der Waals surface area contributed by atoms with E-state index < -0.39 is 12.0 Å². The van der Waals surface area contributed by atoms with Gasteiger partial charge in [0.25, 0.3) is 5.92 Å². The van der Waals surface area contributed by atoms with Gasteiger partial charge in [0.05, 0.1) is 23.4 Å². The lowest BCUT2D eigenvalue weighted by molar-refractivity contribution is -0.119. The molecule has 0 bridgehead atoms. The number of aromatic nitrogens is 2. The Hall–Kier alpha value is -2.61. The minimum Gasteiger partial charge on any atom is -0.389 e. The van der Waals surface area contributed by atoms with Crippen LogP contribution in [0.25, 0.3) is 11.3 Å². The molecule has 6 rings (SSSR count). The number of alkyl halides is 2. The van der Waals surface area contributed by atoms with Crippen LogP contribution in [-0.4, -0.2) is 39.7 Å². The predicted molar refractivity (Wildman–Crippen MR) is 110 cm³/mol. The lowest BCUT2D eigenvalue weighted by atomic mass is 9.89. The van der Waals surface area contributed by atoms with Gasteiger partial charge in [0.15, 0.2) is 0 Å². The lowest BCUT2D eigenvalue weighted by Gasteiger charge is -2.43. The van der Waals surface area contributed by atoms with Crippen LogP contribution in [0.15, 0.2) is 18.2 Å². The number of amides is 1. The minimum atomic E-state index is -2.97. The zero-order valence-electron chi connectivity index (χ0n) is 17.3. The molecular weight excluding hydrogens is 402 g/mol. The van der Waals surface area contributed by atoms with Crippen molar-refractivity contribution in [3.05, 3.63) is 40.6 Å². The van der Waals surface area contributed by atoms with E-state index in [0.717, 1.165) is 36.0 Å². The average Bonchev–Trinajstić information content (AvgIpc) is 3.41. The van der Waals surface area contributed by atoms with E-state index >= 15 is 0 Å². The van der Waals surface area contributed by atoms with Crippen LogP contribution in [0.3, 0.4) is 0 Å². The van der Waals surface area contributed by atoms with Crippen molar-refractivity contribution in [2.24, 2.45) is 0 Å². The molecule has 4 aliphatic rings. The molecule has 162 valence electrons. The first-order chi connectivity index (χ1) is 14.8. The van der Waals surface area contributed by atoms with Crippen LogP contribution >= 0.6 is 0 Å². The van der Waals surface area contributed by atoms with E-state index in [1.54, 1.807) is 4.90 Å². The summed E-state index contributed by atoms with van der Waals surface area (Å²) < 4.78 is 29.3. The maximum absolute atomic E-state index is 14.6. The van der Waals surface area contributed by atoms with Crippen LogP contribution < -0.4 is 10.2 Å². The Balaban J connectivity index is 1.45. The smallest absolute Gasteiger partial charge is 0.290 e. The Morgan fingerprint density at radius 2 is 1.97 bits per heavy atom. The maximum atomic E-state index is 14.6. The molecule has 3 atom stereocenters. The number of carbonyl (C=O) groups is 1. The standard InChI is InChI=1S/C23H24F2N4O2/c1-12-17(30)11-29(12)21-26-19(15-5-9-23(24,25)20(15)27-21)14-2-3-16-13(10-14)4-7-22(16)8-6-18(31)28-22/h2-3,10,12,17,30H,4-9,11H2,1H3,(H,28,31)/t12-,17+,22?/m0/s1. The molecule has 31 heavy (non-hydrogen) atoms. The molecule has 6 nitrogen and oxygen atoms in total. The molecule has 2 saturated heterocycles. The molecule has 0 radical (unpaired) electrons. The fraction of sp³-hybridized carbons (Fsp3) is 0.522. The second-order valence-corrected chi connectivity index (χ2v) is 9.37.